The molecule has 0 fully saturated rings. The topological polar surface area (TPSA) is 3.24 Å². The van der Waals surface area contributed by atoms with Crippen molar-refractivity contribution in [2.45, 2.75) is 29.6 Å². The third-order valence-electron chi connectivity index (χ3n) is 5.40. The quantitative estimate of drug-likeness (QED) is 0.229. The molecule has 0 N–H and O–H groups in total. The van der Waals surface area contributed by atoms with Gasteiger partial charge in [-0.1, -0.05) is 109 Å². The lowest BCUT2D eigenvalue weighted by Gasteiger charge is -2.20. The van der Waals surface area contributed by atoms with Gasteiger partial charge in [0.05, 0.1) is 10.7 Å². The minimum Gasteiger partial charge on any atom is -0.335 e. The van der Waals surface area contributed by atoms with Crippen LogP contribution in [0.4, 0.5) is 5.69 Å². The van der Waals surface area contributed by atoms with Crippen LogP contribution in [0.25, 0.3) is 0 Å². The Kier molecular flexibility index (Phi) is 8.35. The molecule has 0 bridgehead atoms. The Bertz CT molecular complexity index is 1170. The summed E-state index contributed by atoms with van der Waals surface area (Å²) in [4.78, 5) is 6.07. The average molecular weight is 468 g/mol. The van der Waals surface area contributed by atoms with E-state index in [2.05, 4.69) is 128 Å². The van der Waals surface area contributed by atoms with E-state index in [1.54, 1.807) is 11.8 Å². The molecule has 1 aliphatic rings. The fourth-order valence-electron chi connectivity index (χ4n) is 3.70. The van der Waals surface area contributed by atoms with Crippen LogP contribution in [0, 0.1) is 6.92 Å². The number of hydrogen-bond donors (Lipinski definition) is 0. The Hall–Kier alpha value is -2.88. The van der Waals surface area contributed by atoms with Gasteiger partial charge in [0.1, 0.15) is 0 Å². The number of anilines is 1. The molecule has 0 amide bonds. The van der Waals surface area contributed by atoms with E-state index in [9.17, 15) is 0 Å². The minimum atomic E-state index is 1.01. The molecule has 166 valence electrons. The Morgan fingerprint density at radius 3 is 2.52 bits per heavy atom. The van der Waals surface area contributed by atoms with Crippen LogP contribution in [0.2, 0.25) is 0 Å². The van der Waals surface area contributed by atoms with Gasteiger partial charge in [-0.3, -0.25) is 0 Å². The Balaban J connectivity index is 1.36. The van der Waals surface area contributed by atoms with E-state index in [0.717, 1.165) is 24.3 Å². The van der Waals surface area contributed by atoms with Gasteiger partial charge in [-0.15, -0.1) is 0 Å². The summed E-state index contributed by atoms with van der Waals surface area (Å²) in [6.45, 7) is 7.32. The Morgan fingerprint density at radius 2 is 1.67 bits per heavy atom. The van der Waals surface area contributed by atoms with Crippen molar-refractivity contribution in [3.63, 3.8) is 0 Å². The second-order valence-corrected chi connectivity index (χ2v) is 10.1. The van der Waals surface area contributed by atoms with Crippen molar-refractivity contribution in [2.75, 3.05) is 11.4 Å². The zero-order valence-corrected chi connectivity index (χ0v) is 20.6. The number of allylic oxidation sites excluding steroid dienone is 5. The highest BCUT2D eigenvalue weighted by Gasteiger charge is 2.23. The molecule has 0 aliphatic carbocycles. The number of para-hydroxylation sites is 1. The third kappa shape index (κ3) is 6.56. The number of hydrogen-bond acceptors (Lipinski definition) is 3. The van der Waals surface area contributed by atoms with Crippen LogP contribution in [-0.4, -0.2) is 6.54 Å². The molecule has 33 heavy (non-hydrogen) atoms. The number of thioether (sulfide) groups is 2. The molecule has 0 saturated heterocycles. The monoisotopic (exact) mass is 467 g/mol. The van der Waals surface area contributed by atoms with Crippen LogP contribution >= 0.6 is 23.5 Å². The fraction of sp³-hybridized carbons (Fsp3) is 0.133. The summed E-state index contributed by atoms with van der Waals surface area (Å²) in [7, 11) is 0. The van der Waals surface area contributed by atoms with Gasteiger partial charge < -0.3 is 4.90 Å². The standard InChI is InChI=1S/C30H29NS2/c1-24-14-9-11-20-28(24)32-25(2)15-5-3-8-22-30-31(27-19-10-12-21-29(27)33-30)23-13-18-26-16-6-4-7-17-26/h3-12,14-17,19-22H,2,13,18,23H2,1H3/b8-3+,15-5+,30-22-. The molecule has 0 radical (unpaired) electrons. The molecule has 0 aromatic heterocycles. The summed E-state index contributed by atoms with van der Waals surface area (Å²) >= 11 is 3.56. The number of rotatable bonds is 9. The molecule has 0 unspecified atom stereocenters. The van der Waals surface area contributed by atoms with E-state index < -0.39 is 0 Å². The lowest BCUT2D eigenvalue weighted by Crippen LogP contribution is -2.19. The van der Waals surface area contributed by atoms with Gasteiger partial charge in [0.25, 0.3) is 0 Å². The van der Waals surface area contributed by atoms with E-state index in [0.29, 0.717) is 0 Å². The van der Waals surface area contributed by atoms with E-state index in [1.165, 1.54) is 31.6 Å². The van der Waals surface area contributed by atoms with Gasteiger partial charge in [0.15, 0.2) is 0 Å². The molecule has 1 heterocycles. The van der Waals surface area contributed by atoms with E-state index in [-0.39, 0.29) is 0 Å². The Labute approximate surface area is 206 Å². The molecule has 1 nitrogen and oxygen atoms in total. The molecular formula is C30H29NS2. The maximum atomic E-state index is 4.18. The molecule has 3 aromatic carbocycles. The molecule has 3 heteroatoms. The third-order valence-corrected chi connectivity index (χ3v) is 7.61. The first-order valence-corrected chi connectivity index (χ1v) is 12.9. The summed E-state index contributed by atoms with van der Waals surface area (Å²) in [5.74, 6) is 0. The molecule has 0 saturated carbocycles. The smallest absolute Gasteiger partial charge is 0.0801 e. The molecule has 0 atom stereocenters. The zero-order valence-electron chi connectivity index (χ0n) is 19.0. The number of aryl methyl sites for hydroxylation is 2. The van der Waals surface area contributed by atoms with Crippen molar-refractivity contribution >= 4 is 29.2 Å². The molecule has 1 aliphatic heterocycles. The van der Waals surface area contributed by atoms with Gasteiger partial charge >= 0.3 is 0 Å². The normalized spacial score (nSPS) is 14.5. The second kappa shape index (κ2) is 11.8. The van der Waals surface area contributed by atoms with Crippen LogP contribution in [0.3, 0.4) is 0 Å². The van der Waals surface area contributed by atoms with E-state index in [1.807, 2.05) is 11.8 Å². The molecule has 4 rings (SSSR count). The maximum Gasteiger partial charge on any atom is 0.0801 e. The number of benzene rings is 3. The summed E-state index contributed by atoms with van der Waals surface area (Å²) < 4.78 is 0. The van der Waals surface area contributed by atoms with Gasteiger partial charge in [0.2, 0.25) is 0 Å². The van der Waals surface area contributed by atoms with Gasteiger partial charge in [-0.05, 0) is 61.2 Å². The van der Waals surface area contributed by atoms with Crippen molar-refractivity contribution in [1.82, 2.24) is 0 Å². The minimum absolute atomic E-state index is 1.01. The van der Waals surface area contributed by atoms with Gasteiger partial charge in [-0.25, -0.2) is 0 Å². The lowest BCUT2D eigenvalue weighted by molar-refractivity contribution is 0.800. The molecule has 3 aromatic rings. The van der Waals surface area contributed by atoms with Crippen molar-refractivity contribution < 1.29 is 0 Å². The maximum absolute atomic E-state index is 4.18. The number of fused-ring (bicyclic) bond motifs is 1. The van der Waals surface area contributed by atoms with Crippen molar-refractivity contribution in [3.05, 3.63) is 137 Å². The predicted octanol–water partition coefficient (Wildman–Crippen LogP) is 8.80. The first-order chi connectivity index (χ1) is 16.2. The van der Waals surface area contributed by atoms with Crippen LogP contribution in [0.1, 0.15) is 17.5 Å². The second-order valence-electron chi connectivity index (χ2n) is 7.89. The van der Waals surface area contributed by atoms with Crippen molar-refractivity contribution in [1.29, 1.82) is 0 Å². The van der Waals surface area contributed by atoms with Crippen LogP contribution in [-0.2, 0) is 6.42 Å². The summed E-state index contributed by atoms with van der Waals surface area (Å²) in [6.07, 6.45) is 12.8. The highest BCUT2D eigenvalue weighted by atomic mass is 32.2. The van der Waals surface area contributed by atoms with Crippen molar-refractivity contribution in [3.8, 4) is 0 Å². The van der Waals surface area contributed by atoms with Gasteiger partial charge in [-0.2, -0.15) is 0 Å². The Morgan fingerprint density at radius 1 is 0.909 bits per heavy atom. The van der Waals surface area contributed by atoms with Crippen LogP contribution in [0.15, 0.2) is 136 Å². The van der Waals surface area contributed by atoms with Crippen LogP contribution in [0.5, 0.6) is 0 Å². The van der Waals surface area contributed by atoms with E-state index >= 15 is 0 Å². The molecular weight excluding hydrogens is 438 g/mol. The predicted molar refractivity (Wildman–Crippen MR) is 147 cm³/mol. The van der Waals surface area contributed by atoms with E-state index in [4.69, 9.17) is 0 Å². The van der Waals surface area contributed by atoms with Crippen LogP contribution < -0.4 is 4.90 Å². The highest BCUT2D eigenvalue weighted by Crippen LogP contribution is 2.45. The highest BCUT2D eigenvalue weighted by molar-refractivity contribution is 8.03. The zero-order chi connectivity index (χ0) is 22.9. The SMILES string of the molecule is C=C(/C=C/C=C/C=C1\Sc2ccccc2N1CCCc1ccccc1)Sc1ccccc1C. The first kappa shape index (κ1) is 23.3. The number of nitrogens with zero attached hydrogens (tertiary/aromatic N) is 1. The van der Waals surface area contributed by atoms with Gasteiger partial charge in [0, 0.05) is 21.2 Å². The summed E-state index contributed by atoms with van der Waals surface area (Å²) in [6, 6.07) is 27.8. The first-order valence-electron chi connectivity index (χ1n) is 11.3. The summed E-state index contributed by atoms with van der Waals surface area (Å²) in [5.41, 5.74) is 3.99. The largest absolute Gasteiger partial charge is 0.335 e. The fourth-order valence-corrected chi connectivity index (χ4v) is 5.61. The lowest BCUT2D eigenvalue weighted by atomic mass is 10.1. The molecule has 0 spiro atoms. The van der Waals surface area contributed by atoms with Crippen molar-refractivity contribution in [2.24, 2.45) is 0 Å². The average Bonchev–Trinajstić information content (AvgIpc) is 3.18. The summed E-state index contributed by atoms with van der Waals surface area (Å²) in [5, 5.41) is 1.28.